The van der Waals surface area contributed by atoms with E-state index in [1.54, 1.807) is 0 Å². The van der Waals surface area contributed by atoms with E-state index in [0.29, 0.717) is 25.7 Å². The smallest absolute Gasteiger partial charge is 0.472 e. The fourth-order valence-electron chi connectivity index (χ4n) is 5.72. The van der Waals surface area contributed by atoms with Gasteiger partial charge in [-0.15, -0.1) is 0 Å². The molecule has 0 aromatic carbocycles. The number of nitrogens with two attached hydrogens (primary N) is 1. The fourth-order valence-corrected chi connectivity index (χ4v) is 6.50. The van der Waals surface area contributed by atoms with E-state index >= 15 is 0 Å². The van der Waals surface area contributed by atoms with E-state index in [1.165, 1.54) is 70.6 Å². The third-order valence-electron chi connectivity index (χ3n) is 9.14. The van der Waals surface area contributed by atoms with E-state index in [2.05, 4.69) is 48.8 Å². The highest BCUT2D eigenvalue weighted by Gasteiger charge is 2.28. The van der Waals surface area contributed by atoms with Crippen molar-refractivity contribution in [3.8, 4) is 0 Å². The van der Waals surface area contributed by atoms with Crippen molar-refractivity contribution in [1.82, 2.24) is 0 Å². The zero-order chi connectivity index (χ0) is 42.2. The number of allylic oxidation sites excluding steroid dienone is 7. The Bertz CT molecular complexity index is 1170. The van der Waals surface area contributed by atoms with Gasteiger partial charge in [0.1, 0.15) is 12.6 Å². The number of carbonyl (C=O) groups excluding carboxylic acids is 2. The van der Waals surface area contributed by atoms with Gasteiger partial charge in [0.15, 0.2) is 6.10 Å². The van der Waals surface area contributed by atoms with Crippen LogP contribution in [0.1, 0.15) is 174 Å². The second-order valence-corrected chi connectivity index (χ2v) is 16.1. The van der Waals surface area contributed by atoms with Gasteiger partial charge in [0, 0.05) is 12.8 Å². The number of ether oxygens (including phenoxy) is 2. The maximum atomic E-state index is 12.6. The second kappa shape index (κ2) is 38.9. The molecule has 57 heavy (non-hydrogen) atoms. The predicted molar refractivity (Wildman–Crippen MR) is 228 cm³/mol. The Labute approximate surface area is 344 Å². The van der Waals surface area contributed by atoms with Crippen molar-refractivity contribution >= 4 is 25.7 Å². The van der Waals surface area contributed by atoms with Gasteiger partial charge in [-0.25, -0.2) is 4.57 Å². The van der Waals surface area contributed by atoms with Crippen LogP contribution in [0.15, 0.2) is 48.6 Å². The minimum atomic E-state index is -4.73. The largest absolute Gasteiger partial charge is 0.480 e. The molecule has 0 aromatic heterocycles. The van der Waals surface area contributed by atoms with Crippen molar-refractivity contribution in [2.24, 2.45) is 5.73 Å². The molecule has 0 radical (unpaired) electrons. The summed E-state index contributed by atoms with van der Waals surface area (Å²) in [5.74, 6) is -2.47. The van der Waals surface area contributed by atoms with Crippen LogP contribution < -0.4 is 5.73 Å². The summed E-state index contributed by atoms with van der Waals surface area (Å²) in [7, 11) is -4.73. The number of phosphoric acid groups is 1. The van der Waals surface area contributed by atoms with E-state index in [4.69, 9.17) is 24.8 Å². The molecule has 0 saturated heterocycles. The molecule has 330 valence electrons. The standard InChI is InChI=1S/C44H78NO11P/c1-3-5-6-7-8-9-10-11-12-15-19-22-25-28-31-35-43(48)56-40(37-54-57(51,52)55-38-41(45)44(49)50)36-53-42(47)34-30-27-24-21-18-16-13-14-17-20-23-26-29-33-39(46)32-4-2/h13,16-17,20-21,24,26,29,39-41,46H,3-12,14-15,18-19,22-23,25,27-28,30-38,45H2,1-2H3,(H,49,50)(H,51,52)/b16-13-,20-17-,24-21-,29-26-/t39?,40-,41+/m1/s1. The Morgan fingerprint density at radius 3 is 1.61 bits per heavy atom. The number of carboxylic acids is 1. The average molecular weight is 828 g/mol. The van der Waals surface area contributed by atoms with Crippen LogP contribution in [-0.4, -0.2) is 71.1 Å². The maximum absolute atomic E-state index is 12.6. The van der Waals surface area contributed by atoms with Gasteiger partial charge in [-0.05, 0) is 51.4 Å². The lowest BCUT2D eigenvalue weighted by molar-refractivity contribution is -0.161. The molecule has 0 amide bonds. The number of carbonyl (C=O) groups is 3. The summed E-state index contributed by atoms with van der Waals surface area (Å²) in [6.45, 7) is 2.54. The highest BCUT2D eigenvalue weighted by atomic mass is 31.2. The van der Waals surface area contributed by atoms with Gasteiger partial charge in [0.25, 0.3) is 0 Å². The molecule has 0 heterocycles. The number of hydrogen-bond donors (Lipinski definition) is 4. The lowest BCUT2D eigenvalue weighted by Gasteiger charge is -2.20. The maximum Gasteiger partial charge on any atom is 0.472 e. The third-order valence-corrected chi connectivity index (χ3v) is 10.1. The van der Waals surface area contributed by atoms with Crippen LogP contribution in [0.25, 0.3) is 0 Å². The number of unbranched alkanes of at least 4 members (excludes halogenated alkanes) is 15. The molecular formula is C44H78NO11P. The average Bonchev–Trinajstić information content (AvgIpc) is 3.18. The number of aliphatic carboxylic acids is 1. The Kier molecular flexibility index (Phi) is 37.1. The van der Waals surface area contributed by atoms with Crippen LogP contribution in [0.5, 0.6) is 0 Å². The molecule has 0 bridgehead atoms. The topological polar surface area (TPSA) is 192 Å². The summed E-state index contributed by atoms with van der Waals surface area (Å²) < 4.78 is 32.6. The first-order valence-corrected chi connectivity index (χ1v) is 23.2. The van der Waals surface area contributed by atoms with Crippen LogP contribution in [-0.2, 0) is 37.5 Å². The third kappa shape index (κ3) is 38.7. The van der Waals surface area contributed by atoms with Crippen LogP contribution >= 0.6 is 7.82 Å². The van der Waals surface area contributed by atoms with Crippen LogP contribution in [0.4, 0.5) is 0 Å². The minimum absolute atomic E-state index is 0.131. The molecule has 0 aliphatic heterocycles. The van der Waals surface area contributed by atoms with Crippen LogP contribution in [0.2, 0.25) is 0 Å². The van der Waals surface area contributed by atoms with Gasteiger partial charge in [-0.3, -0.25) is 23.4 Å². The number of hydrogen-bond acceptors (Lipinski definition) is 10. The van der Waals surface area contributed by atoms with Crippen molar-refractivity contribution in [3.63, 3.8) is 0 Å². The predicted octanol–water partition coefficient (Wildman–Crippen LogP) is 10.4. The van der Waals surface area contributed by atoms with Crippen molar-refractivity contribution in [2.75, 3.05) is 19.8 Å². The van der Waals surface area contributed by atoms with E-state index in [0.717, 1.165) is 51.4 Å². The molecule has 4 atom stereocenters. The quantitative estimate of drug-likeness (QED) is 0.0198. The first kappa shape index (κ1) is 54.4. The number of aliphatic hydroxyl groups is 1. The van der Waals surface area contributed by atoms with Crippen molar-refractivity contribution in [1.29, 1.82) is 0 Å². The monoisotopic (exact) mass is 828 g/mol. The normalized spacial score (nSPS) is 14.8. The first-order valence-electron chi connectivity index (χ1n) is 21.7. The Balaban J connectivity index is 4.47. The molecule has 0 aromatic rings. The summed E-state index contributed by atoms with van der Waals surface area (Å²) in [5.41, 5.74) is 5.32. The van der Waals surface area contributed by atoms with Gasteiger partial charge in [-0.2, -0.15) is 0 Å². The fraction of sp³-hybridized carbons (Fsp3) is 0.750. The van der Waals surface area contributed by atoms with Gasteiger partial charge in [-0.1, -0.05) is 159 Å². The van der Waals surface area contributed by atoms with Gasteiger partial charge in [0.05, 0.1) is 19.3 Å². The van der Waals surface area contributed by atoms with E-state index in [9.17, 15) is 28.9 Å². The van der Waals surface area contributed by atoms with Crippen molar-refractivity contribution < 1.29 is 52.6 Å². The molecule has 0 rings (SSSR count). The molecule has 0 aliphatic rings. The zero-order valence-electron chi connectivity index (χ0n) is 35.3. The van der Waals surface area contributed by atoms with Crippen molar-refractivity contribution in [3.05, 3.63) is 48.6 Å². The summed E-state index contributed by atoms with van der Waals surface area (Å²) in [6, 6.07) is -1.53. The van der Waals surface area contributed by atoms with Crippen molar-refractivity contribution in [2.45, 2.75) is 193 Å². The summed E-state index contributed by atoms with van der Waals surface area (Å²) in [4.78, 5) is 45.9. The molecule has 0 fully saturated rings. The minimum Gasteiger partial charge on any atom is -0.480 e. The SMILES string of the molecule is CCCCCCCCCCCCCCCCCC(=O)O[C@H](COC(=O)CCC/C=C\C/C=C\C/C=C\C/C=C\CC(O)CCC)COP(=O)(O)OC[C@H](N)C(=O)O. The Morgan fingerprint density at radius 1 is 0.614 bits per heavy atom. The Morgan fingerprint density at radius 2 is 1.09 bits per heavy atom. The summed E-state index contributed by atoms with van der Waals surface area (Å²) >= 11 is 0. The summed E-state index contributed by atoms with van der Waals surface area (Å²) in [6.07, 6.45) is 39.6. The van der Waals surface area contributed by atoms with E-state index < -0.39 is 51.1 Å². The zero-order valence-corrected chi connectivity index (χ0v) is 36.2. The van der Waals surface area contributed by atoms with Crippen LogP contribution in [0, 0.1) is 0 Å². The molecule has 13 heteroatoms. The molecule has 2 unspecified atom stereocenters. The molecule has 0 spiro atoms. The van der Waals surface area contributed by atoms with Gasteiger partial charge in [0.2, 0.25) is 0 Å². The van der Waals surface area contributed by atoms with Gasteiger partial charge >= 0.3 is 25.7 Å². The summed E-state index contributed by atoms with van der Waals surface area (Å²) in [5, 5.41) is 18.6. The second-order valence-electron chi connectivity index (χ2n) is 14.7. The number of carboxylic acid groups (broad SMARTS) is 1. The molecule has 0 aliphatic carbocycles. The lowest BCUT2D eigenvalue weighted by atomic mass is 10.0. The Hall–Kier alpha value is -2.60. The number of phosphoric ester groups is 1. The first-order chi connectivity index (χ1) is 27.5. The number of esters is 2. The number of rotatable bonds is 40. The van der Waals surface area contributed by atoms with Crippen LogP contribution in [0.3, 0.4) is 0 Å². The highest BCUT2D eigenvalue weighted by Crippen LogP contribution is 2.43. The molecule has 5 N–H and O–H groups in total. The van der Waals surface area contributed by atoms with Gasteiger partial charge < -0.3 is 30.3 Å². The lowest BCUT2D eigenvalue weighted by Crippen LogP contribution is -2.34. The highest BCUT2D eigenvalue weighted by molar-refractivity contribution is 7.47. The molecule has 12 nitrogen and oxygen atoms in total. The molecule has 0 saturated carbocycles. The van der Waals surface area contributed by atoms with E-state index in [1.807, 2.05) is 18.2 Å². The number of aliphatic hydroxyl groups excluding tert-OH is 1. The molecular weight excluding hydrogens is 749 g/mol. The van der Waals surface area contributed by atoms with E-state index in [-0.39, 0.29) is 25.6 Å².